The van der Waals surface area contributed by atoms with Crippen molar-refractivity contribution in [1.82, 2.24) is 0 Å². The molecule has 0 heterocycles. The fourth-order valence-corrected chi connectivity index (χ4v) is 0.793. The molecule has 1 radical (unpaired) electrons. The number of hydrogen-bond donors (Lipinski definition) is 1. The van der Waals surface area contributed by atoms with Gasteiger partial charge in [-0.1, -0.05) is 12.1 Å². The van der Waals surface area contributed by atoms with Crippen molar-refractivity contribution in [2.24, 2.45) is 0 Å². The Hall–Kier alpha value is -0.510. The van der Waals surface area contributed by atoms with Gasteiger partial charge < -0.3 is 10.5 Å². The predicted octanol–water partition coefficient (Wildman–Crippen LogP) is 0.675. The summed E-state index contributed by atoms with van der Waals surface area (Å²) in [6.45, 7) is 0. The van der Waals surface area contributed by atoms with Gasteiger partial charge in [0.2, 0.25) is 0 Å². The van der Waals surface area contributed by atoms with Gasteiger partial charge in [0.15, 0.2) is 0 Å². The molecule has 0 unspecified atom stereocenters. The van der Waals surface area contributed by atoms with Crippen molar-refractivity contribution in [1.29, 1.82) is 0 Å². The third-order valence-electron chi connectivity index (χ3n) is 1.37. The number of ether oxygens (including phenoxy) is 1. The number of anilines is 1. The number of rotatable bonds is 1. The Morgan fingerprint density at radius 3 is 2.50 bits per heavy atom. The smallest absolute Gasteiger partial charge is 0.339 e. The van der Waals surface area contributed by atoms with E-state index in [1.807, 2.05) is 0 Å². The summed E-state index contributed by atoms with van der Waals surface area (Å²) >= 11 is 0. The van der Waals surface area contributed by atoms with Crippen LogP contribution in [0.4, 0.5) is 5.69 Å². The molecule has 1 rings (SSSR count). The summed E-state index contributed by atoms with van der Waals surface area (Å²) in [6, 6.07) is 6.79. The molecule has 1 aromatic rings. The van der Waals surface area contributed by atoms with Crippen LogP contribution in [-0.2, 0) is 4.74 Å². The molecule has 0 aliphatic rings. The van der Waals surface area contributed by atoms with Crippen LogP contribution in [0.3, 0.4) is 0 Å². The number of hydrogen-bond acceptors (Lipinski definition) is 3. The Labute approximate surface area is 93.2 Å². The van der Waals surface area contributed by atoms with Crippen LogP contribution in [0.25, 0.3) is 0 Å². The zero-order valence-corrected chi connectivity index (χ0v) is 9.20. The second-order valence-corrected chi connectivity index (χ2v) is 2.08. The molecular formula is C8H9NNaO2. The molecule has 0 aromatic heterocycles. The Balaban J connectivity index is 0.00000121. The summed E-state index contributed by atoms with van der Waals surface area (Å²) in [4.78, 5) is 10.9. The Morgan fingerprint density at radius 2 is 2.00 bits per heavy atom. The third-order valence-corrected chi connectivity index (χ3v) is 1.37. The van der Waals surface area contributed by atoms with Crippen molar-refractivity contribution in [2.45, 2.75) is 0 Å². The number of methoxy groups -OCH3 is 1. The quantitative estimate of drug-likeness (QED) is 0.387. The van der Waals surface area contributed by atoms with Crippen LogP contribution in [0.1, 0.15) is 10.4 Å². The minimum absolute atomic E-state index is 0. The fourth-order valence-electron chi connectivity index (χ4n) is 0.793. The molecule has 0 amide bonds. The average Bonchev–Trinajstić information content (AvgIpc) is 2.04. The molecule has 2 N–H and O–H groups in total. The maximum Gasteiger partial charge on any atom is 0.339 e. The summed E-state index contributed by atoms with van der Waals surface area (Å²) in [5, 5.41) is 0. The van der Waals surface area contributed by atoms with Gasteiger partial charge in [0.05, 0.1) is 12.7 Å². The van der Waals surface area contributed by atoms with Crippen LogP contribution in [0.5, 0.6) is 0 Å². The molecule has 0 aliphatic heterocycles. The molecule has 0 fully saturated rings. The molecule has 0 aliphatic carbocycles. The summed E-state index contributed by atoms with van der Waals surface area (Å²) in [5.41, 5.74) is 6.35. The maximum absolute atomic E-state index is 10.9. The van der Waals surface area contributed by atoms with Gasteiger partial charge in [-0.15, -0.1) is 0 Å². The van der Waals surface area contributed by atoms with Crippen LogP contribution in [-0.4, -0.2) is 42.6 Å². The first-order valence-corrected chi connectivity index (χ1v) is 3.18. The second kappa shape index (κ2) is 5.19. The van der Waals surface area contributed by atoms with E-state index < -0.39 is 5.97 Å². The van der Waals surface area contributed by atoms with Gasteiger partial charge in [0, 0.05) is 35.2 Å². The number of nitrogen functional groups attached to an aromatic ring is 1. The van der Waals surface area contributed by atoms with E-state index in [1.54, 1.807) is 24.3 Å². The van der Waals surface area contributed by atoms with Gasteiger partial charge in [-0.05, 0) is 12.1 Å². The van der Waals surface area contributed by atoms with E-state index in [-0.39, 0.29) is 29.6 Å². The molecule has 3 nitrogen and oxygen atoms in total. The van der Waals surface area contributed by atoms with Gasteiger partial charge in [-0.3, -0.25) is 0 Å². The number of carbonyl (C=O) groups excluding carboxylic acids is 1. The summed E-state index contributed by atoms with van der Waals surface area (Å²) in [7, 11) is 1.33. The first-order valence-electron chi connectivity index (χ1n) is 3.18. The third kappa shape index (κ3) is 2.52. The number of esters is 1. The number of nitrogens with two attached hydrogens (primary N) is 1. The number of carbonyl (C=O) groups is 1. The molecule has 59 valence electrons. The predicted molar refractivity (Wildman–Crippen MR) is 47.9 cm³/mol. The van der Waals surface area contributed by atoms with Gasteiger partial charge in [-0.25, -0.2) is 4.79 Å². The van der Waals surface area contributed by atoms with E-state index >= 15 is 0 Å². The first-order chi connectivity index (χ1) is 5.25. The van der Waals surface area contributed by atoms with E-state index in [0.29, 0.717) is 11.3 Å². The Morgan fingerprint density at radius 1 is 1.42 bits per heavy atom. The van der Waals surface area contributed by atoms with Crippen molar-refractivity contribution in [3.63, 3.8) is 0 Å². The van der Waals surface area contributed by atoms with E-state index in [0.717, 1.165) is 0 Å². The standard InChI is InChI=1S/C8H9NO2.Na/c1-11-8(10)6-4-2-3-5-7(6)9;/h2-5H,9H2,1H3;. The second-order valence-electron chi connectivity index (χ2n) is 2.08. The normalized spacial score (nSPS) is 8.42. The topological polar surface area (TPSA) is 52.3 Å². The van der Waals surface area contributed by atoms with Crippen LogP contribution in [0, 0.1) is 0 Å². The minimum atomic E-state index is -0.400. The summed E-state index contributed by atoms with van der Waals surface area (Å²) in [5.74, 6) is -0.400. The van der Waals surface area contributed by atoms with Gasteiger partial charge in [0.1, 0.15) is 0 Å². The first kappa shape index (κ1) is 11.5. The van der Waals surface area contributed by atoms with Gasteiger partial charge in [-0.2, -0.15) is 0 Å². The van der Waals surface area contributed by atoms with Gasteiger partial charge >= 0.3 is 5.97 Å². The van der Waals surface area contributed by atoms with E-state index in [4.69, 9.17) is 5.73 Å². The van der Waals surface area contributed by atoms with E-state index in [9.17, 15) is 4.79 Å². The van der Waals surface area contributed by atoms with Crippen molar-refractivity contribution in [3.05, 3.63) is 29.8 Å². The maximum atomic E-state index is 10.9. The van der Waals surface area contributed by atoms with Crippen molar-refractivity contribution < 1.29 is 9.53 Å². The van der Waals surface area contributed by atoms with Crippen LogP contribution in [0.2, 0.25) is 0 Å². The van der Waals surface area contributed by atoms with E-state index in [2.05, 4.69) is 4.74 Å². The van der Waals surface area contributed by atoms with E-state index in [1.165, 1.54) is 7.11 Å². The molecule has 4 heteroatoms. The largest absolute Gasteiger partial charge is 0.465 e. The zero-order chi connectivity index (χ0) is 8.27. The van der Waals surface area contributed by atoms with Gasteiger partial charge in [0.25, 0.3) is 0 Å². The zero-order valence-electron chi connectivity index (χ0n) is 7.20. The molecule has 0 atom stereocenters. The SMILES string of the molecule is COC(=O)c1ccccc1N.[Na]. The molecule has 0 saturated heterocycles. The van der Waals surface area contributed by atoms with Crippen molar-refractivity contribution in [2.75, 3.05) is 12.8 Å². The molecule has 1 aromatic carbocycles. The van der Waals surface area contributed by atoms with Crippen molar-refractivity contribution in [3.8, 4) is 0 Å². The van der Waals surface area contributed by atoms with Crippen LogP contribution < -0.4 is 5.73 Å². The molecule has 0 bridgehead atoms. The van der Waals surface area contributed by atoms with Crippen LogP contribution in [0.15, 0.2) is 24.3 Å². The fraction of sp³-hybridized carbons (Fsp3) is 0.125. The summed E-state index contributed by atoms with van der Waals surface area (Å²) < 4.78 is 4.50. The molecule has 12 heavy (non-hydrogen) atoms. The van der Waals surface area contributed by atoms with Crippen LogP contribution >= 0.6 is 0 Å². The molecule has 0 spiro atoms. The average molecular weight is 174 g/mol. The number of benzene rings is 1. The molecule has 0 saturated carbocycles. The minimum Gasteiger partial charge on any atom is -0.465 e. The molecular weight excluding hydrogens is 165 g/mol. The van der Waals surface area contributed by atoms with Crippen molar-refractivity contribution >= 4 is 41.2 Å². The Kier molecular flexibility index (Phi) is 4.97. The Bertz CT molecular complexity index is 276. The summed E-state index contributed by atoms with van der Waals surface area (Å²) in [6.07, 6.45) is 0. The monoisotopic (exact) mass is 174 g/mol. The number of para-hydroxylation sites is 1.